The van der Waals surface area contributed by atoms with Crippen molar-refractivity contribution in [1.29, 1.82) is 0 Å². The smallest absolute Gasteiger partial charge is 0.305 e. The van der Waals surface area contributed by atoms with Gasteiger partial charge in [0.25, 0.3) is 0 Å². The molecule has 2 N–H and O–H groups in total. The Morgan fingerprint density at radius 1 is 1.24 bits per heavy atom. The maximum absolute atomic E-state index is 13.5. The zero-order chi connectivity index (χ0) is 15.2. The van der Waals surface area contributed by atoms with Crippen LogP contribution in [0.15, 0.2) is 47.1 Å². The standard InChI is InChI=1S/C15H14FNO4/c16-11-5-2-1-4-10(11)9-17-12(8-14(18)19)15(20)13-6-3-7-21-13/h1-7,12,17H,8-9H2,(H,18,19). The molecule has 0 fully saturated rings. The first kappa shape index (κ1) is 14.9. The Bertz CT molecular complexity index is 624. The number of aliphatic carboxylic acids is 1. The Morgan fingerprint density at radius 3 is 2.62 bits per heavy atom. The van der Waals surface area contributed by atoms with Gasteiger partial charge in [0.2, 0.25) is 5.78 Å². The van der Waals surface area contributed by atoms with E-state index in [2.05, 4.69) is 5.32 Å². The third-order valence-electron chi connectivity index (χ3n) is 2.96. The number of rotatable bonds is 7. The summed E-state index contributed by atoms with van der Waals surface area (Å²) in [6, 6.07) is 8.12. The molecule has 0 radical (unpaired) electrons. The largest absolute Gasteiger partial charge is 0.481 e. The summed E-state index contributed by atoms with van der Waals surface area (Å²) < 4.78 is 18.5. The van der Waals surface area contributed by atoms with Crippen LogP contribution in [-0.4, -0.2) is 22.9 Å². The molecule has 0 aliphatic carbocycles. The number of carbonyl (C=O) groups is 2. The predicted octanol–water partition coefficient (Wildman–Crippen LogP) is 2.23. The molecule has 0 bridgehead atoms. The van der Waals surface area contributed by atoms with Crippen LogP contribution in [0.25, 0.3) is 0 Å². The normalized spacial score (nSPS) is 12.0. The lowest BCUT2D eigenvalue weighted by atomic mass is 10.1. The van der Waals surface area contributed by atoms with E-state index in [-0.39, 0.29) is 12.3 Å². The van der Waals surface area contributed by atoms with Crippen molar-refractivity contribution in [2.24, 2.45) is 0 Å². The van der Waals surface area contributed by atoms with E-state index in [1.807, 2.05) is 0 Å². The zero-order valence-electron chi connectivity index (χ0n) is 11.1. The molecule has 0 spiro atoms. The molecule has 2 rings (SSSR count). The fraction of sp³-hybridized carbons (Fsp3) is 0.200. The van der Waals surface area contributed by atoms with Gasteiger partial charge in [-0.3, -0.25) is 9.59 Å². The fourth-order valence-corrected chi connectivity index (χ4v) is 1.90. The number of nitrogens with one attached hydrogen (secondary N) is 1. The van der Waals surface area contributed by atoms with Gasteiger partial charge in [-0.25, -0.2) is 4.39 Å². The number of Topliss-reactive ketones (excluding diaryl/α,β-unsaturated/α-hetero) is 1. The second-order valence-corrected chi connectivity index (χ2v) is 4.46. The average Bonchev–Trinajstić information content (AvgIpc) is 2.98. The third kappa shape index (κ3) is 4.00. The Hall–Kier alpha value is -2.47. The summed E-state index contributed by atoms with van der Waals surface area (Å²) >= 11 is 0. The van der Waals surface area contributed by atoms with E-state index in [9.17, 15) is 14.0 Å². The van der Waals surface area contributed by atoms with Gasteiger partial charge in [0, 0.05) is 12.1 Å². The molecule has 21 heavy (non-hydrogen) atoms. The maximum Gasteiger partial charge on any atom is 0.305 e. The molecule has 0 saturated carbocycles. The Labute approximate surface area is 120 Å². The lowest BCUT2D eigenvalue weighted by molar-refractivity contribution is -0.137. The molecule has 2 aromatic rings. The van der Waals surface area contributed by atoms with Gasteiger partial charge in [-0.1, -0.05) is 18.2 Å². The highest BCUT2D eigenvalue weighted by Crippen LogP contribution is 2.10. The molecule has 0 aliphatic heterocycles. The summed E-state index contributed by atoms with van der Waals surface area (Å²) in [5.41, 5.74) is 0.361. The second kappa shape index (κ2) is 6.81. The fourth-order valence-electron chi connectivity index (χ4n) is 1.90. The van der Waals surface area contributed by atoms with Gasteiger partial charge in [0.05, 0.1) is 18.7 Å². The first-order chi connectivity index (χ1) is 10.1. The quantitative estimate of drug-likeness (QED) is 0.765. The van der Waals surface area contributed by atoms with Crippen LogP contribution in [0.4, 0.5) is 4.39 Å². The minimum absolute atomic E-state index is 0.0526. The van der Waals surface area contributed by atoms with Crippen molar-refractivity contribution >= 4 is 11.8 Å². The molecule has 0 aliphatic rings. The average molecular weight is 291 g/mol. The number of benzene rings is 1. The van der Waals surface area contributed by atoms with Crippen LogP contribution in [0.5, 0.6) is 0 Å². The van der Waals surface area contributed by atoms with Crippen molar-refractivity contribution in [2.45, 2.75) is 19.0 Å². The summed E-state index contributed by atoms with van der Waals surface area (Å²) in [5, 5.41) is 11.7. The Balaban J connectivity index is 2.08. The van der Waals surface area contributed by atoms with Gasteiger partial charge < -0.3 is 14.8 Å². The number of hydrogen-bond acceptors (Lipinski definition) is 4. The minimum atomic E-state index is -1.12. The van der Waals surface area contributed by atoms with Crippen molar-refractivity contribution in [1.82, 2.24) is 5.32 Å². The van der Waals surface area contributed by atoms with Crippen LogP contribution in [0, 0.1) is 5.82 Å². The SMILES string of the molecule is O=C(O)CC(NCc1ccccc1F)C(=O)c1ccco1. The number of ketones is 1. The number of furan rings is 1. The van der Waals surface area contributed by atoms with Crippen molar-refractivity contribution in [3.8, 4) is 0 Å². The van der Waals surface area contributed by atoms with Crippen molar-refractivity contribution in [3.63, 3.8) is 0 Å². The molecule has 0 amide bonds. The van der Waals surface area contributed by atoms with Gasteiger partial charge in [0.15, 0.2) is 5.76 Å². The number of carbonyl (C=O) groups excluding carboxylic acids is 1. The molecular weight excluding hydrogens is 277 g/mol. The van der Waals surface area contributed by atoms with Crippen LogP contribution in [0.3, 0.4) is 0 Å². The maximum atomic E-state index is 13.5. The van der Waals surface area contributed by atoms with E-state index in [1.165, 1.54) is 18.4 Å². The molecule has 0 saturated heterocycles. The van der Waals surface area contributed by atoms with Crippen LogP contribution in [0.1, 0.15) is 22.5 Å². The Kier molecular flexibility index (Phi) is 4.84. The highest BCUT2D eigenvalue weighted by molar-refractivity contribution is 5.99. The Morgan fingerprint density at radius 2 is 2.00 bits per heavy atom. The molecule has 6 heteroatoms. The molecule has 5 nitrogen and oxygen atoms in total. The van der Waals surface area contributed by atoms with E-state index in [1.54, 1.807) is 24.3 Å². The molecule has 1 aromatic heterocycles. The first-order valence-corrected chi connectivity index (χ1v) is 6.34. The van der Waals surface area contributed by atoms with Crippen molar-refractivity contribution in [3.05, 3.63) is 59.8 Å². The number of halogens is 1. The number of hydrogen-bond donors (Lipinski definition) is 2. The predicted molar refractivity (Wildman–Crippen MR) is 72.3 cm³/mol. The highest BCUT2D eigenvalue weighted by atomic mass is 19.1. The summed E-state index contributed by atoms with van der Waals surface area (Å²) in [4.78, 5) is 23.0. The molecule has 1 atom stereocenters. The van der Waals surface area contributed by atoms with Crippen molar-refractivity contribution in [2.75, 3.05) is 0 Å². The van der Waals surface area contributed by atoms with E-state index in [0.717, 1.165) is 0 Å². The topological polar surface area (TPSA) is 79.5 Å². The molecule has 110 valence electrons. The zero-order valence-corrected chi connectivity index (χ0v) is 11.1. The van der Waals surface area contributed by atoms with Crippen LogP contribution in [0.2, 0.25) is 0 Å². The molecule has 1 aromatic carbocycles. The second-order valence-electron chi connectivity index (χ2n) is 4.46. The number of carboxylic acids is 1. The van der Waals surface area contributed by atoms with Gasteiger partial charge in [0.1, 0.15) is 5.82 Å². The summed E-state index contributed by atoms with van der Waals surface area (Å²) in [6.07, 6.45) is 0.926. The van der Waals surface area contributed by atoms with Crippen LogP contribution < -0.4 is 5.32 Å². The summed E-state index contributed by atoms with van der Waals surface area (Å²) in [6.45, 7) is 0.0526. The van der Waals surface area contributed by atoms with Crippen LogP contribution >= 0.6 is 0 Å². The van der Waals surface area contributed by atoms with Gasteiger partial charge in [-0.15, -0.1) is 0 Å². The van der Waals surface area contributed by atoms with Gasteiger partial charge in [-0.2, -0.15) is 0 Å². The van der Waals surface area contributed by atoms with E-state index in [0.29, 0.717) is 5.56 Å². The lowest BCUT2D eigenvalue weighted by Crippen LogP contribution is -2.38. The summed E-state index contributed by atoms with van der Waals surface area (Å²) in [5.74, 6) is -1.94. The minimum Gasteiger partial charge on any atom is -0.481 e. The molecule has 1 heterocycles. The van der Waals surface area contributed by atoms with E-state index >= 15 is 0 Å². The molecule has 1 unspecified atom stereocenters. The highest BCUT2D eigenvalue weighted by Gasteiger charge is 2.24. The van der Waals surface area contributed by atoms with E-state index in [4.69, 9.17) is 9.52 Å². The first-order valence-electron chi connectivity index (χ1n) is 6.34. The van der Waals surface area contributed by atoms with Crippen LogP contribution in [-0.2, 0) is 11.3 Å². The summed E-state index contributed by atoms with van der Waals surface area (Å²) in [7, 11) is 0. The number of carboxylic acid groups (broad SMARTS) is 1. The van der Waals surface area contributed by atoms with Crippen molar-refractivity contribution < 1.29 is 23.5 Å². The third-order valence-corrected chi connectivity index (χ3v) is 2.96. The van der Waals surface area contributed by atoms with Gasteiger partial charge in [-0.05, 0) is 18.2 Å². The monoisotopic (exact) mass is 291 g/mol. The molecular formula is C15H14FNO4. The van der Waals surface area contributed by atoms with E-state index < -0.39 is 30.0 Å². The van der Waals surface area contributed by atoms with Gasteiger partial charge >= 0.3 is 5.97 Å². The lowest BCUT2D eigenvalue weighted by Gasteiger charge is -2.15.